The van der Waals surface area contributed by atoms with Gasteiger partial charge in [-0.3, -0.25) is 0 Å². The predicted octanol–water partition coefficient (Wildman–Crippen LogP) is 1.25. The van der Waals surface area contributed by atoms with Gasteiger partial charge in [0, 0.05) is 23.8 Å². The molecule has 4 nitrogen and oxygen atoms in total. The maximum atomic E-state index is 5.74. The minimum Gasteiger partial charge on any atom is -0.367 e. The van der Waals surface area contributed by atoms with Crippen molar-refractivity contribution in [3.63, 3.8) is 0 Å². The summed E-state index contributed by atoms with van der Waals surface area (Å²) in [5, 5.41) is 3.39. The Morgan fingerprint density at radius 2 is 2.20 bits per heavy atom. The van der Waals surface area contributed by atoms with E-state index in [-0.39, 0.29) is 0 Å². The number of aryl methyl sites for hydroxylation is 2. The lowest BCUT2D eigenvalue weighted by Gasteiger charge is -2.33. The van der Waals surface area contributed by atoms with Gasteiger partial charge in [0.15, 0.2) is 0 Å². The Hall–Kier alpha value is -1.16. The lowest BCUT2D eigenvalue weighted by molar-refractivity contribution is 0.373. The molecule has 0 spiro atoms. The molecule has 0 radical (unpaired) electrons. The predicted molar refractivity (Wildman–Crippen MR) is 60.8 cm³/mol. The van der Waals surface area contributed by atoms with Gasteiger partial charge in [-0.05, 0) is 26.2 Å². The van der Waals surface area contributed by atoms with Gasteiger partial charge < -0.3 is 11.1 Å². The zero-order valence-corrected chi connectivity index (χ0v) is 9.33. The first-order valence-corrected chi connectivity index (χ1v) is 5.54. The summed E-state index contributed by atoms with van der Waals surface area (Å²) in [6, 6.07) is 2.90. The maximum Gasteiger partial charge on any atom is 0.130 e. The Morgan fingerprint density at radius 1 is 1.47 bits per heavy atom. The molecule has 0 unspecified atom stereocenters. The summed E-state index contributed by atoms with van der Waals surface area (Å²) in [5.74, 6) is 1.77. The van der Waals surface area contributed by atoms with Crippen molar-refractivity contribution < 1.29 is 0 Å². The molecular formula is C11H18N4. The van der Waals surface area contributed by atoms with Crippen LogP contribution in [0, 0.1) is 6.92 Å². The Balaban J connectivity index is 2.04. The third kappa shape index (κ3) is 2.45. The van der Waals surface area contributed by atoms with Crippen molar-refractivity contribution in [2.24, 2.45) is 5.73 Å². The first-order chi connectivity index (χ1) is 7.17. The average Bonchev–Trinajstić information content (AvgIpc) is 2.14. The van der Waals surface area contributed by atoms with Crippen LogP contribution in [0.4, 0.5) is 5.82 Å². The maximum absolute atomic E-state index is 5.74. The molecule has 0 atom stereocenters. The van der Waals surface area contributed by atoms with Crippen molar-refractivity contribution in [3.8, 4) is 0 Å². The fourth-order valence-electron chi connectivity index (χ4n) is 1.87. The average molecular weight is 206 g/mol. The molecule has 0 aliphatic heterocycles. The molecule has 15 heavy (non-hydrogen) atoms. The van der Waals surface area contributed by atoms with Crippen molar-refractivity contribution in [1.29, 1.82) is 0 Å². The molecule has 3 N–H and O–H groups in total. The van der Waals surface area contributed by atoms with Crippen LogP contribution in [-0.4, -0.2) is 22.1 Å². The van der Waals surface area contributed by atoms with Gasteiger partial charge in [-0.25, -0.2) is 9.97 Å². The first kappa shape index (κ1) is 10.4. The van der Waals surface area contributed by atoms with E-state index in [1.54, 1.807) is 0 Å². The summed E-state index contributed by atoms with van der Waals surface area (Å²) < 4.78 is 0. The standard InChI is InChI=1S/C11H18N4/c1-3-9-6-11(14-7(2)13-9)15-10-4-8(12)5-10/h6,8,10H,3-5,12H2,1-2H3,(H,13,14,15). The zero-order valence-electron chi connectivity index (χ0n) is 9.33. The van der Waals surface area contributed by atoms with Gasteiger partial charge in [-0.2, -0.15) is 0 Å². The third-order valence-electron chi connectivity index (χ3n) is 2.78. The van der Waals surface area contributed by atoms with E-state index in [2.05, 4.69) is 22.2 Å². The molecule has 0 bridgehead atoms. The van der Waals surface area contributed by atoms with E-state index in [0.717, 1.165) is 36.6 Å². The SMILES string of the molecule is CCc1cc(NC2CC(N)C2)nc(C)n1. The Kier molecular flexibility index (Phi) is 2.86. The molecule has 1 aliphatic carbocycles. The van der Waals surface area contributed by atoms with Crippen molar-refractivity contribution in [2.45, 2.75) is 45.2 Å². The van der Waals surface area contributed by atoms with Gasteiger partial charge in [0.1, 0.15) is 11.6 Å². The quantitative estimate of drug-likeness (QED) is 0.781. The second-order valence-corrected chi connectivity index (χ2v) is 4.22. The van der Waals surface area contributed by atoms with Gasteiger partial charge in [-0.15, -0.1) is 0 Å². The van der Waals surface area contributed by atoms with E-state index in [1.165, 1.54) is 0 Å². The molecule has 1 heterocycles. The van der Waals surface area contributed by atoms with Crippen LogP contribution in [0.15, 0.2) is 6.07 Å². The van der Waals surface area contributed by atoms with Crippen LogP contribution >= 0.6 is 0 Å². The van der Waals surface area contributed by atoms with E-state index in [9.17, 15) is 0 Å². The normalized spacial score (nSPS) is 24.7. The van der Waals surface area contributed by atoms with E-state index in [1.807, 2.05) is 13.0 Å². The van der Waals surface area contributed by atoms with Gasteiger partial charge in [0.05, 0.1) is 0 Å². The third-order valence-corrected chi connectivity index (χ3v) is 2.78. The van der Waals surface area contributed by atoms with Crippen molar-refractivity contribution in [1.82, 2.24) is 9.97 Å². The van der Waals surface area contributed by atoms with Gasteiger partial charge in [0.2, 0.25) is 0 Å². The van der Waals surface area contributed by atoms with E-state index in [0.29, 0.717) is 12.1 Å². The van der Waals surface area contributed by atoms with Crippen LogP contribution in [-0.2, 0) is 6.42 Å². The van der Waals surface area contributed by atoms with Gasteiger partial charge >= 0.3 is 0 Å². The van der Waals surface area contributed by atoms with E-state index >= 15 is 0 Å². The van der Waals surface area contributed by atoms with Crippen LogP contribution in [0.5, 0.6) is 0 Å². The summed E-state index contributed by atoms with van der Waals surface area (Å²) >= 11 is 0. The topological polar surface area (TPSA) is 63.8 Å². The summed E-state index contributed by atoms with van der Waals surface area (Å²) in [7, 11) is 0. The number of aromatic nitrogens is 2. The van der Waals surface area contributed by atoms with Gasteiger partial charge in [0.25, 0.3) is 0 Å². The molecule has 1 aromatic rings. The highest BCUT2D eigenvalue weighted by Gasteiger charge is 2.25. The molecule has 1 aliphatic rings. The molecule has 0 saturated heterocycles. The summed E-state index contributed by atoms with van der Waals surface area (Å²) in [4.78, 5) is 8.71. The van der Waals surface area contributed by atoms with Crippen molar-refractivity contribution >= 4 is 5.82 Å². The molecule has 4 heteroatoms. The number of rotatable bonds is 3. The Bertz CT molecular complexity index is 344. The lowest BCUT2D eigenvalue weighted by Crippen LogP contribution is -2.44. The van der Waals surface area contributed by atoms with Crippen molar-refractivity contribution in [3.05, 3.63) is 17.6 Å². The molecule has 1 fully saturated rings. The lowest BCUT2D eigenvalue weighted by atomic mass is 9.88. The molecule has 2 rings (SSSR count). The molecule has 1 saturated carbocycles. The fourth-order valence-corrected chi connectivity index (χ4v) is 1.87. The zero-order chi connectivity index (χ0) is 10.8. The highest BCUT2D eigenvalue weighted by atomic mass is 15.1. The van der Waals surface area contributed by atoms with E-state index in [4.69, 9.17) is 5.73 Å². The second kappa shape index (κ2) is 4.14. The summed E-state index contributed by atoms with van der Waals surface area (Å²) in [5.41, 5.74) is 6.83. The molecule has 1 aromatic heterocycles. The largest absolute Gasteiger partial charge is 0.367 e. The monoisotopic (exact) mass is 206 g/mol. The molecule has 0 amide bonds. The van der Waals surface area contributed by atoms with Gasteiger partial charge in [-0.1, -0.05) is 6.92 Å². The first-order valence-electron chi connectivity index (χ1n) is 5.54. The van der Waals surface area contributed by atoms with Crippen LogP contribution in [0.3, 0.4) is 0 Å². The molecular weight excluding hydrogens is 188 g/mol. The van der Waals surface area contributed by atoms with Crippen LogP contribution in [0.25, 0.3) is 0 Å². The number of hydrogen-bond acceptors (Lipinski definition) is 4. The number of nitrogens with two attached hydrogens (primary N) is 1. The minimum absolute atomic E-state index is 0.371. The van der Waals surface area contributed by atoms with Crippen LogP contribution < -0.4 is 11.1 Å². The minimum atomic E-state index is 0.371. The second-order valence-electron chi connectivity index (χ2n) is 4.22. The molecule has 82 valence electrons. The van der Waals surface area contributed by atoms with Crippen molar-refractivity contribution in [2.75, 3.05) is 5.32 Å². The fraction of sp³-hybridized carbons (Fsp3) is 0.636. The Morgan fingerprint density at radius 3 is 2.80 bits per heavy atom. The Labute approximate surface area is 90.3 Å². The highest BCUT2D eigenvalue weighted by molar-refractivity contribution is 5.38. The number of hydrogen-bond donors (Lipinski definition) is 2. The summed E-state index contributed by atoms with van der Waals surface area (Å²) in [6.45, 7) is 4.03. The molecule has 0 aromatic carbocycles. The highest BCUT2D eigenvalue weighted by Crippen LogP contribution is 2.21. The number of nitrogens with one attached hydrogen (secondary N) is 1. The smallest absolute Gasteiger partial charge is 0.130 e. The number of anilines is 1. The summed E-state index contributed by atoms with van der Waals surface area (Å²) in [6.07, 6.45) is 3.04. The van der Waals surface area contributed by atoms with Crippen LogP contribution in [0.2, 0.25) is 0 Å². The number of nitrogens with zero attached hydrogens (tertiary/aromatic N) is 2. The van der Waals surface area contributed by atoms with Crippen LogP contribution in [0.1, 0.15) is 31.3 Å². The van der Waals surface area contributed by atoms with E-state index < -0.39 is 0 Å².